The number of piperidine rings is 1. The van der Waals surface area contributed by atoms with Crippen molar-refractivity contribution in [2.45, 2.75) is 32.3 Å². The first kappa shape index (κ1) is 15.6. The van der Waals surface area contributed by atoms with Crippen molar-refractivity contribution in [2.75, 3.05) is 39.5 Å². The van der Waals surface area contributed by atoms with E-state index in [9.17, 15) is 0 Å². The molecule has 0 amide bonds. The number of hydrogen-bond donors (Lipinski definition) is 0. The highest BCUT2D eigenvalue weighted by Crippen LogP contribution is 2.30. The van der Waals surface area contributed by atoms with Crippen LogP contribution < -0.4 is 9.47 Å². The predicted octanol–water partition coefficient (Wildman–Crippen LogP) is 3.05. The Hall–Kier alpha value is -1.26. The number of benzene rings is 1. The van der Waals surface area contributed by atoms with E-state index in [0.29, 0.717) is 19.8 Å². The molecule has 121 valence electrons. The summed E-state index contributed by atoms with van der Waals surface area (Å²) >= 11 is 0. The van der Waals surface area contributed by atoms with Crippen LogP contribution in [0.2, 0.25) is 0 Å². The summed E-state index contributed by atoms with van der Waals surface area (Å²) in [5.41, 5.74) is 1.15. The summed E-state index contributed by atoms with van der Waals surface area (Å²) in [5.74, 6) is 1.68. The minimum atomic E-state index is 0.631. The molecule has 0 bridgehead atoms. The van der Waals surface area contributed by atoms with Gasteiger partial charge in [0.15, 0.2) is 11.5 Å². The van der Waals surface area contributed by atoms with Crippen LogP contribution >= 0.6 is 0 Å². The maximum atomic E-state index is 5.78. The van der Waals surface area contributed by atoms with Gasteiger partial charge in [-0.1, -0.05) is 6.07 Å². The lowest BCUT2D eigenvalue weighted by atomic mass is 10.1. The largest absolute Gasteiger partial charge is 0.486 e. The molecule has 2 heterocycles. The molecule has 0 atom stereocenters. The van der Waals surface area contributed by atoms with Gasteiger partial charge in [0, 0.05) is 6.61 Å². The summed E-state index contributed by atoms with van der Waals surface area (Å²) in [5, 5.41) is 0. The van der Waals surface area contributed by atoms with Gasteiger partial charge in [0.25, 0.3) is 0 Å². The molecular formula is C18H26NO3. The molecule has 0 unspecified atom stereocenters. The van der Waals surface area contributed by atoms with Crippen molar-refractivity contribution in [3.05, 3.63) is 30.2 Å². The van der Waals surface area contributed by atoms with E-state index in [4.69, 9.17) is 14.2 Å². The molecule has 0 saturated carbocycles. The molecule has 1 fully saturated rings. The maximum absolute atomic E-state index is 5.78. The van der Waals surface area contributed by atoms with Crippen molar-refractivity contribution in [3.63, 3.8) is 0 Å². The Morgan fingerprint density at radius 2 is 1.82 bits per heavy atom. The number of rotatable bonds is 7. The molecule has 0 aromatic heterocycles. The molecule has 0 aliphatic carbocycles. The number of ether oxygens (including phenoxy) is 3. The lowest BCUT2D eigenvalue weighted by Crippen LogP contribution is -2.30. The van der Waals surface area contributed by atoms with Crippen molar-refractivity contribution < 1.29 is 14.2 Å². The minimum absolute atomic E-state index is 0.631. The Morgan fingerprint density at radius 3 is 2.68 bits per heavy atom. The summed E-state index contributed by atoms with van der Waals surface area (Å²) in [6, 6.07) is 6.05. The van der Waals surface area contributed by atoms with Gasteiger partial charge in [-0.2, -0.15) is 0 Å². The fourth-order valence-corrected chi connectivity index (χ4v) is 2.93. The van der Waals surface area contributed by atoms with E-state index in [-0.39, 0.29) is 0 Å². The molecular weight excluding hydrogens is 278 g/mol. The first-order valence-electron chi connectivity index (χ1n) is 8.42. The summed E-state index contributed by atoms with van der Waals surface area (Å²) in [6.07, 6.45) is 7.25. The second-order valence-corrected chi connectivity index (χ2v) is 5.95. The highest BCUT2D eigenvalue weighted by molar-refractivity contribution is 5.43. The van der Waals surface area contributed by atoms with E-state index in [0.717, 1.165) is 30.1 Å². The van der Waals surface area contributed by atoms with Crippen LogP contribution in [0.3, 0.4) is 0 Å². The zero-order chi connectivity index (χ0) is 15.0. The number of fused-ring (bicyclic) bond motifs is 1. The highest BCUT2D eigenvalue weighted by Gasteiger charge is 2.12. The third-order valence-corrected chi connectivity index (χ3v) is 4.19. The molecule has 3 rings (SSSR count). The average Bonchev–Trinajstić information content (AvgIpc) is 2.59. The zero-order valence-corrected chi connectivity index (χ0v) is 13.3. The van der Waals surface area contributed by atoms with Crippen LogP contribution in [-0.2, 0) is 11.3 Å². The number of hydrogen-bond acceptors (Lipinski definition) is 4. The van der Waals surface area contributed by atoms with Gasteiger partial charge in [-0.15, -0.1) is 0 Å². The minimum Gasteiger partial charge on any atom is -0.486 e. The lowest BCUT2D eigenvalue weighted by molar-refractivity contribution is 0.113. The van der Waals surface area contributed by atoms with Crippen molar-refractivity contribution in [1.29, 1.82) is 0 Å². The SMILES string of the molecule is [CH]1CCN(CCCCOCc2ccc3c(c2)OCCO3)CC1. The highest BCUT2D eigenvalue weighted by atomic mass is 16.6. The fraction of sp³-hybridized carbons (Fsp3) is 0.611. The van der Waals surface area contributed by atoms with E-state index in [1.165, 1.54) is 38.9 Å². The third kappa shape index (κ3) is 4.62. The number of unbranched alkanes of at least 4 members (excludes halogenated alkanes) is 1. The quantitative estimate of drug-likeness (QED) is 0.725. The number of nitrogens with zero attached hydrogens (tertiary/aromatic N) is 1. The van der Waals surface area contributed by atoms with Gasteiger partial charge in [-0.3, -0.25) is 0 Å². The summed E-state index contributed by atoms with van der Waals surface area (Å²) < 4.78 is 16.9. The smallest absolute Gasteiger partial charge is 0.161 e. The third-order valence-electron chi connectivity index (χ3n) is 4.19. The Balaban J connectivity index is 1.30. The monoisotopic (exact) mass is 304 g/mol. The van der Waals surface area contributed by atoms with Gasteiger partial charge in [0.05, 0.1) is 6.61 Å². The van der Waals surface area contributed by atoms with Crippen LogP contribution in [0.25, 0.3) is 0 Å². The van der Waals surface area contributed by atoms with Crippen LogP contribution in [0.5, 0.6) is 11.5 Å². The molecule has 0 N–H and O–H groups in total. The molecule has 22 heavy (non-hydrogen) atoms. The normalized spacial score (nSPS) is 18.4. The van der Waals surface area contributed by atoms with Crippen molar-refractivity contribution in [2.24, 2.45) is 0 Å². The first-order chi connectivity index (χ1) is 10.9. The molecule has 1 aromatic carbocycles. The fourth-order valence-electron chi connectivity index (χ4n) is 2.93. The van der Waals surface area contributed by atoms with E-state index in [1.807, 2.05) is 12.1 Å². The summed E-state index contributed by atoms with van der Waals surface area (Å²) in [6.45, 7) is 6.42. The predicted molar refractivity (Wildman–Crippen MR) is 86.3 cm³/mol. The van der Waals surface area contributed by atoms with Crippen LogP contribution in [0.15, 0.2) is 18.2 Å². The van der Waals surface area contributed by atoms with E-state index >= 15 is 0 Å². The topological polar surface area (TPSA) is 30.9 Å². The van der Waals surface area contributed by atoms with Crippen LogP contribution in [0.4, 0.5) is 0 Å². The van der Waals surface area contributed by atoms with Gasteiger partial charge >= 0.3 is 0 Å². The van der Waals surface area contributed by atoms with Crippen LogP contribution in [0, 0.1) is 6.42 Å². The van der Waals surface area contributed by atoms with Crippen LogP contribution in [0.1, 0.15) is 31.2 Å². The van der Waals surface area contributed by atoms with E-state index in [1.54, 1.807) is 0 Å². The second-order valence-electron chi connectivity index (χ2n) is 5.95. The van der Waals surface area contributed by atoms with Gasteiger partial charge in [-0.25, -0.2) is 0 Å². The second kappa shape index (κ2) is 8.39. The Labute approximate surface area is 133 Å². The van der Waals surface area contributed by atoms with E-state index < -0.39 is 0 Å². The zero-order valence-electron chi connectivity index (χ0n) is 13.3. The molecule has 2 aliphatic heterocycles. The van der Waals surface area contributed by atoms with Gasteiger partial charge in [0.2, 0.25) is 0 Å². The molecule has 4 heteroatoms. The van der Waals surface area contributed by atoms with E-state index in [2.05, 4.69) is 17.4 Å². The molecule has 1 radical (unpaired) electrons. The Kier molecular flexibility index (Phi) is 5.96. The molecule has 1 aromatic rings. The average molecular weight is 304 g/mol. The maximum Gasteiger partial charge on any atom is 0.161 e. The molecule has 1 saturated heterocycles. The van der Waals surface area contributed by atoms with Crippen molar-refractivity contribution in [3.8, 4) is 11.5 Å². The standard InChI is InChI=1S/C18H26NO3/c1-2-8-19(9-3-1)10-4-5-11-20-15-16-6-7-17-18(14-16)22-13-12-21-17/h1,6-7,14H,2-5,8-13,15H2. The van der Waals surface area contributed by atoms with Crippen molar-refractivity contribution >= 4 is 0 Å². The first-order valence-corrected chi connectivity index (χ1v) is 8.42. The molecule has 2 aliphatic rings. The Bertz CT molecular complexity index is 458. The number of likely N-dealkylation sites (tertiary alicyclic amines) is 1. The Morgan fingerprint density at radius 1 is 1.00 bits per heavy atom. The van der Waals surface area contributed by atoms with Gasteiger partial charge < -0.3 is 19.1 Å². The summed E-state index contributed by atoms with van der Waals surface area (Å²) in [4.78, 5) is 2.56. The molecule has 4 nitrogen and oxygen atoms in total. The van der Waals surface area contributed by atoms with Crippen LogP contribution in [-0.4, -0.2) is 44.4 Å². The molecule has 0 spiro atoms. The van der Waals surface area contributed by atoms with Crippen molar-refractivity contribution in [1.82, 2.24) is 4.90 Å². The van der Waals surface area contributed by atoms with Gasteiger partial charge in [0.1, 0.15) is 13.2 Å². The lowest BCUT2D eigenvalue weighted by Gasteiger charge is -2.26. The van der Waals surface area contributed by atoms with Gasteiger partial charge in [-0.05, 0) is 69.4 Å². The summed E-state index contributed by atoms with van der Waals surface area (Å²) in [7, 11) is 0.